The number of amides is 1. The summed E-state index contributed by atoms with van der Waals surface area (Å²) in [5, 5.41) is 6.70. The average molecular weight is 282 g/mol. The number of ether oxygens (including phenoxy) is 1. The van der Waals surface area contributed by atoms with Gasteiger partial charge in [0.1, 0.15) is 5.60 Å². The molecular formula is C16H30N2O2. The van der Waals surface area contributed by atoms with Crippen LogP contribution in [0.5, 0.6) is 0 Å². The van der Waals surface area contributed by atoms with Crippen LogP contribution in [0.4, 0.5) is 4.79 Å². The van der Waals surface area contributed by atoms with Gasteiger partial charge in [-0.15, -0.1) is 0 Å². The van der Waals surface area contributed by atoms with Gasteiger partial charge in [0.05, 0.1) is 0 Å². The summed E-state index contributed by atoms with van der Waals surface area (Å²) in [5.41, 5.74) is -0.416. The van der Waals surface area contributed by atoms with Gasteiger partial charge in [0, 0.05) is 12.1 Å². The van der Waals surface area contributed by atoms with Crippen molar-refractivity contribution in [1.82, 2.24) is 10.6 Å². The molecule has 0 heterocycles. The molecule has 2 aliphatic carbocycles. The van der Waals surface area contributed by atoms with Gasteiger partial charge < -0.3 is 15.4 Å². The largest absolute Gasteiger partial charge is 0.444 e. The van der Waals surface area contributed by atoms with Crippen molar-refractivity contribution in [3.05, 3.63) is 0 Å². The zero-order valence-electron chi connectivity index (χ0n) is 13.2. The number of alkyl carbamates (subject to hydrolysis) is 1. The van der Waals surface area contributed by atoms with E-state index in [1.54, 1.807) is 0 Å². The lowest BCUT2D eigenvalue weighted by atomic mass is 9.84. The highest BCUT2D eigenvalue weighted by Crippen LogP contribution is 2.26. The van der Waals surface area contributed by atoms with Crippen molar-refractivity contribution in [1.29, 1.82) is 0 Å². The second-order valence-corrected chi connectivity index (χ2v) is 7.41. The highest BCUT2D eigenvalue weighted by Gasteiger charge is 2.26. The number of carbonyl (C=O) groups excluding carboxylic acids is 1. The first-order valence-electron chi connectivity index (χ1n) is 8.15. The molecule has 116 valence electrons. The molecule has 2 N–H and O–H groups in total. The summed E-state index contributed by atoms with van der Waals surface area (Å²) in [6.07, 6.45) is 8.43. The van der Waals surface area contributed by atoms with Gasteiger partial charge in [0.25, 0.3) is 0 Å². The lowest BCUT2D eigenvalue weighted by molar-refractivity contribution is 0.0488. The number of rotatable bonds is 4. The topological polar surface area (TPSA) is 50.4 Å². The monoisotopic (exact) mass is 282 g/mol. The van der Waals surface area contributed by atoms with Crippen LogP contribution in [0, 0.1) is 5.92 Å². The van der Waals surface area contributed by atoms with Crippen LogP contribution in [0.2, 0.25) is 0 Å². The molecule has 0 spiro atoms. The third-order valence-electron chi connectivity index (χ3n) is 4.32. The molecule has 4 nitrogen and oxygen atoms in total. The average Bonchev–Trinajstić information content (AvgIpc) is 2.24. The first kappa shape index (κ1) is 15.6. The maximum Gasteiger partial charge on any atom is 0.407 e. The quantitative estimate of drug-likeness (QED) is 0.832. The molecule has 0 radical (unpaired) electrons. The summed E-state index contributed by atoms with van der Waals surface area (Å²) in [6.45, 7) is 6.85. The van der Waals surface area contributed by atoms with Gasteiger partial charge in [0.15, 0.2) is 0 Å². The summed E-state index contributed by atoms with van der Waals surface area (Å²) in [7, 11) is 0. The van der Waals surface area contributed by atoms with Gasteiger partial charge in [-0.25, -0.2) is 4.79 Å². The molecule has 1 amide bonds. The molecule has 0 bridgehead atoms. The van der Waals surface area contributed by atoms with E-state index in [4.69, 9.17) is 4.74 Å². The van der Waals surface area contributed by atoms with E-state index in [1.807, 2.05) is 20.8 Å². The Bertz CT molecular complexity index is 321. The van der Waals surface area contributed by atoms with Crippen LogP contribution in [-0.4, -0.2) is 30.3 Å². The zero-order valence-corrected chi connectivity index (χ0v) is 13.2. The molecule has 0 aliphatic heterocycles. The SMILES string of the molecule is CC(C)(C)OC(=O)NC1CCCC(NCC2CCC2)C1. The summed E-state index contributed by atoms with van der Waals surface area (Å²) in [6, 6.07) is 0.821. The van der Waals surface area contributed by atoms with E-state index >= 15 is 0 Å². The second kappa shape index (κ2) is 6.79. The lowest BCUT2D eigenvalue weighted by Crippen LogP contribution is -2.46. The van der Waals surface area contributed by atoms with E-state index < -0.39 is 5.60 Å². The minimum Gasteiger partial charge on any atom is -0.444 e. The van der Waals surface area contributed by atoms with Crippen LogP contribution in [0.1, 0.15) is 65.7 Å². The minimum absolute atomic E-state index is 0.262. The fourth-order valence-electron chi connectivity index (χ4n) is 3.01. The van der Waals surface area contributed by atoms with E-state index in [9.17, 15) is 4.79 Å². The van der Waals surface area contributed by atoms with E-state index in [0.717, 1.165) is 25.3 Å². The summed E-state index contributed by atoms with van der Waals surface area (Å²) in [5.74, 6) is 0.897. The second-order valence-electron chi connectivity index (χ2n) is 7.41. The maximum absolute atomic E-state index is 11.8. The molecule has 0 aromatic carbocycles. The van der Waals surface area contributed by atoms with E-state index in [0.29, 0.717) is 6.04 Å². The fraction of sp³-hybridized carbons (Fsp3) is 0.938. The molecule has 20 heavy (non-hydrogen) atoms. The Kier molecular flexibility index (Phi) is 5.30. The van der Waals surface area contributed by atoms with Gasteiger partial charge in [0.2, 0.25) is 0 Å². The van der Waals surface area contributed by atoms with Gasteiger partial charge in [-0.3, -0.25) is 0 Å². The molecular weight excluding hydrogens is 252 g/mol. The van der Waals surface area contributed by atoms with Crippen molar-refractivity contribution in [2.75, 3.05) is 6.54 Å². The molecule has 0 aromatic rings. The Morgan fingerprint density at radius 1 is 1.10 bits per heavy atom. The van der Waals surface area contributed by atoms with Crippen LogP contribution in [0.15, 0.2) is 0 Å². The lowest BCUT2D eigenvalue weighted by Gasteiger charge is -2.33. The molecule has 4 heteroatoms. The van der Waals surface area contributed by atoms with E-state index in [2.05, 4.69) is 10.6 Å². The van der Waals surface area contributed by atoms with E-state index in [1.165, 1.54) is 32.1 Å². The summed E-state index contributed by atoms with van der Waals surface area (Å²) < 4.78 is 5.33. The van der Waals surface area contributed by atoms with Crippen LogP contribution in [0.3, 0.4) is 0 Å². The van der Waals surface area contributed by atoms with Gasteiger partial charge >= 0.3 is 6.09 Å². The highest BCUT2D eigenvalue weighted by atomic mass is 16.6. The molecule has 2 atom stereocenters. The Balaban J connectivity index is 1.68. The molecule has 2 fully saturated rings. The first-order valence-corrected chi connectivity index (χ1v) is 8.15. The van der Waals surface area contributed by atoms with Gasteiger partial charge in [-0.2, -0.15) is 0 Å². The molecule has 2 rings (SSSR count). The standard InChI is InChI=1S/C16H30N2O2/c1-16(2,3)20-15(19)18-14-9-5-8-13(10-14)17-11-12-6-4-7-12/h12-14,17H,4-11H2,1-3H3,(H,18,19). The first-order chi connectivity index (χ1) is 9.42. The van der Waals surface area contributed by atoms with Gasteiger partial charge in [-0.05, 0) is 71.8 Å². The van der Waals surface area contributed by atoms with Gasteiger partial charge in [-0.1, -0.05) is 6.42 Å². The van der Waals surface area contributed by atoms with Crippen molar-refractivity contribution >= 4 is 6.09 Å². The van der Waals surface area contributed by atoms with Crippen molar-refractivity contribution < 1.29 is 9.53 Å². The number of hydrogen-bond donors (Lipinski definition) is 2. The number of carbonyl (C=O) groups is 1. The fourth-order valence-corrected chi connectivity index (χ4v) is 3.01. The Hall–Kier alpha value is -0.770. The van der Waals surface area contributed by atoms with Crippen LogP contribution in [0.25, 0.3) is 0 Å². The molecule has 2 aliphatic rings. The van der Waals surface area contributed by atoms with Crippen molar-refractivity contribution in [2.24, 2.45) is 5.92 Å². The Labute approximate surface area is 123 Å². The van der Waals surface area contributed by atoms with Crippen LogP contribution in [-0.2, 0) is 4.74 Å². The number of nitrogens with one attached hydrogen (secondary N) is 2. The smallest absolute Gasteiger partial charge is 0.407 e. The molecule has 2 unspecified atom stereocenters. The Morgan fingerprint density at radius 2 is 1.75 bits per heavy atom. The predicted octanol–water partition coefficient (Wildman–Crippen LogP) is 3.21. The zero-order chi connectivity index (χ0) is 14.6. The van der Waals surface area contributed by atoms with Crippen LogP contribution >= 0.6 is 0 Å². The van der Waals surface area contributed by atoms with Crippen molar-refractivity contribution in [3.8, 4) is 0 Å². The van der Waals surface area contributed by atoms with Crippen LogP contribution < -0.4 is 10.6 Å². The summed E-state index contributed by atoms with van der Waals surface area (Å²) in [4.78, 5) is 11.8. The normalized spacial score (nSPS) is 27.8. The maximum atomic E-state index is 11.8. The minimum atomic E-state index is -0.416. The van der Waals surface area contributed by atoms with Crippen molar-refractivity contribution in [2.45, 2.75) is 83.4 Å². The third kappa shape index (κ3) is 5.31. The summed E-state index contributed by atoms with van der Waals surface area (Å²) >= 11 is 0. The predicted molar refractivity (Wildman–Crippen MR) is 80.8 cm³/mol. The van der Waals surface area contributed by atoms with Crippen molar-refractivity contribution in [3.63, 3.8) is 0 Å². The Morgan fingerprint density at radius 3 is 2.35 bits per heavy atom. The third-order valence-corrected chi connectivity index (χ3v) is 4.32. The highest BCUT2D eigenvalue weighted by molar-refractivity contribution is 5.68. The molecule has 0 saturated heterocycles. The molecule has 2 saturated carbocycles. The van der Waals surface area contributed by atoms with E-state index in [-0.39, 0.29) is 12.1 Å². The molecule has 0 aromatic heterocycles. The number of hydrogen-bond acceptors (Lipinski definition) is 3.